The molecule has 14 heavy (non-hydrogen) atoms. The summed E-state index contributed by atoms with van der Waals surface area (Å²) in [6.07, 6.45) is 0.617. The number of hydrogen-bond donors (Lipinski definition) is 0. The molecule has 0 spiro atoms. The number of fused-ring (bicyclic) bond motifs is 1. The van der Waals surface area contributed by atoms with Crippen molar-refractivity contribution in [2.45, 2.75) is 6.42 Å². The van der Waals surface area contributed by atoms with Crippen molar-refractivity contribution in [2.24, 2.45) is 0 Å². The summed E-state index contributed by atoms with van der Waals surface area (Å²) < 4.78 is 1.08. The highest BCUT2D eigenvalue weighted by Crippen LogP contribution is 2.20. The van der Waals surface area contributed by atoms with Gasteiger partial charge in [0.25, 0.3) is 0 Å². The molecule has 0 N–H and O–H groups in total. The van der Waals surface area contributed by atoms with Crippen molar-refractivity contribution in [2.75, 3.05) is 6.61 Å². The monoisotopic (exact) mass is 249 g/mol. The van der Waals surface area contributed by atoms with E-state index in [2.05, 4.69) is 40.2 Å². The van der Waals surface area contributed by atoms with Crippen molar-refractivity contribution in [3.05, 3.63) is 46.4 Å². The van der Waals surface area contributed by atoms with Gasteiger partial charge in [-0.1, -0.05) is 40.2 Å². The Morgan fingerprint density at radius 2 is 1.71 bits per heavy atom. The first-order valence-corrected chi connectivity index (χ1v) is 5.35. The average Bonchev–Trinajstić information content (AvgIpc) is 2.19. The van der Waals surface area contributed by atoms with Gasteiger partial charge in [0, 0.05) is 4.47 Å². The molecule has 0 saturated carbocycles. The highest BCUT2D eigenvalue weighted by atomic mass is 79.9. The maximum atomic E-state index is 10.5. The van der Waals surface area contributed by atoms with Gasteiger partial charge in [-0.2, -0.15) is 0 Å². The molecule has 0 saturated heterocycles. The number of benzene rings is 2. The molecule has 71 valence electrons. The van der Waals surface area contributed by atoms with Crippen LogP contribution in [0.25, 0.3) is 10.8 Å². The lowest BCUT2D eigenvalue weighted by Gasteiger charge is -2.01. The Hall–Kier alpha value is -0.860. The van der Waals surface area contributed by atoms with E-state index in [9.17, 15) is 5.11 Å². The van der Waals surface area contributed by atoms with Crippen molar-refractivity contribution in [3.8, 4) is 0 Å². The van der Waals surface area contributed by atoms with E-state index in [4.69, 9.17) is 0 Å². The highest BCUT2D eigenvalue weighted by molar-refractivity contribution is 9.10. The van der Waals surface area contributed by atoms with Crippen molar-refractivity contribution in [1.82, 2.24) is 0 Å². The molecular weight excluding hydrogens is 240 g/mol. The molecule has 2 aromatic carbocycles. The minimum Gasteiger partial charge on any atom is -0.236 e. The summed E-state index contributed by atoms with van der Waals surface area (Å²) >= 11 is 3.43. The van der Waals surface area contributed by atoms with Crippen LogP contribution in [0.2, 0.25) is 0 Å². The molecule has 0 heterocycles. The maximum Gasteiger partial charge on any atom is 0.0862 e. The standard InChI is InChI=1S/C12H10BrO/c13-12-4-3-10-7-9(5-6-14)1-2-11(10)8-12/h1-4,7-8H,5-6H2. The lowest BCUT2D eigenvalue weighted by molar-refractivity contribution is 0.197. The summed E-state index contributed by atoms with van der Waals surface area (Å²) in [5.41, 5.74) is 1.12. The molecule has 0 unspecified atom stereocenters. The summed E-state index contributed by atoms with van der Waals surface area (Å²) in [6.45, 7) is -0.0396. The normalized spacial score (nSPS) is 10.7. The van der Waals surface area contributed by atoms with Gasteiger partial charge in [0.05, 0.1) is 6.61 Å². The summed E-state index contributed by atoms with van der Waals surface area (Å²) in [4.78, 5) is 0. The highest BCUT2D eigenvalue weighted by Gasteiger charge is 1.97. The molecule has 0 aliphatic rings. The fourth-order valence-electron chi connectivity index (χ4n) is 1.54. The summed E-state index contributed by atoms with van der Waals surface area (Å²) in [6, 6.07) is 12.3. The van der Waals surface area contributed by atoms with Crippen LogP contribution in [0.5, 0.6) is 0 Å². The van der Waals surface area contributed by atoms with Crippen LogP contribution in [0.15, 0.2) is 40.9 Å². The summed E-state index contributed by atoms with van der Waals surface area (Å²) in [5, 5.41) is 12.9. The number of hydrogen-bond acceptors (Lipinski definition) is 0. The van der Waals surface area contributed by atoms with E-state index in [0.717, 1.165) is 10.0 Å². The fraction of sp³-hybridized carbons (Fsp3) is 0.167. The van der Waals surface area contributed by atoms with Crippen molar-refractivity contribution in [1.29, 1.82) is 0 Å². The maximum absolute atomic E-state index is 10.5. The molecule has 1 nitrogen and oxygen atoms in total. The van der Waals surface area contributed by atoms with Gasteiger partial charge >= 0.3 is 0 Å². The van der Waals surface area contributed by atoms with Crippen LogP contribution in [-0.4, -0.2) is 6.61 Å². The van der Waals surface area contributed by atoms with Crippen molar-refractivity contribution < 1.29 is 5.11 Å². The van der Waals surface area contributed by atoms with E-state index < -0.39 is 0 Å². The molecule has 0 bridgehead atoms. The Labute approximate surface area is 91.5 Å². The molecule has 2 heteroatoms. The Morgan fingerprint density at radius 3 is 2.50 bits per heavy atom. The average molecular weight is 250 g/mol. The zero-order chi connectivity index (χ0) is 9.97. The largest absolute Gasteiger partial charge is 0.236 e. The third-order valence-corrected chi connectivity index (χ3v) is 2.75. The first-order chi connectivity index (χ1) is 6.79. The molecule has 0 fully saturated rings. The Bertz CT molecular complexity index is 451. The second kappa shape index (κ2) is 4.11. The topological polar surface area (TPSA) is 19.9 Å². The second-order valence-corrected chi connectivity index (χ2v) is 4.20. The van der Waals surface area contributed by atoms with Gasteiger partial charge in [-0.05, 0) is 34.9 Å². The Balaban J connectivity index is 2.50. The lowest BCUT2D eigenvalue weighted by atomic mass is 10.1. The Morgan fingerprint density at radius 1 is 1.00 bits per heavy atom. The first kappa shape index (κ1) is 9.69. The van der Waals surface area contributed by atoms with Crippen LogP contribution in [0.3, 0.4) is 0 Å². The van der Waals surface area contributed by atoms with Gasteiger partial charge in [-0.3, -0.25) is 0 Å². The summed E-state index contributed by atoms with van der Waals surface area (Å²) in [7, 11) is 0. The third kappa shape index (κ3) is 1.97. The molecule has 0 aliphatic carbocycles. The molecule has 2 aromatic rings. The van der Waals surface area contributed by atoms with Crippen LogP contribution in [0, 0.1) is 0 Å². The molecule has 0 aromatic heterocycles. The van der Waals surface area contributed by atoms with E-state index in [1.807, 2.05) is 12.1 Å². The quantitative estimate of drug-likeness (QED) is 0.776. The molecule has 0 amide bonds. The molecule has 1 radical (unpaired) electrons. The van der Waals surface area contributed by atoms with Crippen LogP contribution >= 0.6 is 15.9 Å². The van der Waals surface area contributed by atoms with Gasteiger partial charge in [0.15, 0.2) is 0 Å². The van der Waals surface area contributed by atoms with E-state index in [1.54, 1.807) is 0 Å². The predicted octanol–water partition coefficient (Wildman–Crippen LogP) is 3.58. The molecule has 0 atom stereocenters. The van der Waals surface area contributed by atoms with Crippen LogP contribution < -0.4 is 0 Å². The predicted molar refractivity (Wildman–Crippen MR) is 60.9 cm³/mol. The number of halogens is 1. The van der Waals surface area contributed by atoms with Gasteiger partial charge < -0.3 is 0 Å². The molecular formula is C12H10BrO. The Kier molecular flexibility index (Phi) is 2.85. The number of rotatable bonds is 2. The summed E-state index contributed by atoms with van der Waals surface area (Å²) in [5.74, 6) is 0. The molecule has 0 aliphatic heterocycles. The van der Waals surface area contributed by atoms with Crippen molar-refractivity contribution >= 4 is 26.7 Å². The van der Waals surface area contributed by atoms with Crippen LogP contribution in [-0.2, 0) is 11.5 Å². The minimum absolute atomic E-state index is 0.0396. The zero-order valence-corrected chi connectivity index (χ0v) is 9.25. The van der Waals surface area contributed by atoms with Gasteiger partial charge in [-0.15, -0.1) is 0 Å². The van der Waals surface area contributed by atoms with E-state index in [-0.39, 0.29) is 6.61 Å². The zero-order valence-electron chi connectivity index (χ0n) is 7.66. The van der Waals surface area contributed by atoms with Gasteiger partial charge in [-0.25, -0.2) is 5.11 Å². The van der Waals surface area contributed by atoms with Gasteiger partial charge in [0.2, 0.25) is 0 Å². The van der Waals surface area contributed by atoms with Crippen molar-refractivity contribution in [3.63, 3.8) is 0 Å². The van der Waals surface area contributed by atoms with Crippen LogP contribution in [0.4, 0.5) is 0 Å². The van der Waals surface area contributed by atoms with Gasteiger partial charge in [0.1, 0.15) is 0 Å². The first-order valence-electron chi connectivity index (χ1n) is 4.56. The van der Waals surface area contributed by atoms with E-state index in [1.165, 1.54) is 10.8 Å². The fourth-order valence-corrected chi connectivity index (χ4v) is 1.92. The second-order valence-electron chi connectivity index (χ2n) is 3.28. The van der Waals surface area contributed by atoms with E-state index in [0.29, 0.717) is 6.42 Å². The lowest BCUT2D eigenvalue weighted by Crippen LogP contribution is -1.88. The minimum atomic E-state index is -0.0396. The van der Waals surface area contributed by atoms with E-state index >= 15 is 0 Å². The smallest absolute Gasteiger partial charge is 0.0862 e. The SMILES string of the molecule is [O]CCc1ccc2cc(Br)ccc2c1. The third-order valence-electron chi connectivity index (χ3n) is 2.26. The molecule has 2 rings (SSSR count). The van der Waals surface area contributed by atoms with Crippen LogP contribution in [0.1, 0.15) is 5.56 Å².